The Bertz CT molecular complexity index is 2770. The Morgan fingerprint density at radius 1 is 0.257 bits per heavy atom. The number of halogens is 2. The second-order valence-electron chi connectivity index (χ2n) is 23.9. The summed E-state index contributed by atoms with van der Waals surface area (Å²) in [7, 11) is -1.91. The van der Waals surface area contributed by atoms with Gasteiger partial charge in [-0.15, -0.1) is 0 Å². The van der Waals surface area contributed by atoms with Crippen LogP contribution in [0.2, 0.25) is 0 Å². The summed E-state index contributed by atoms with van der Waals surface area (Å²) < 4.78 is 51.7. The van der Waals surface area contributed by atoms with Gasteiger partial charge in [0.1, 0.15) is 0 Å². The van der Waals surface area contributed by atoms with Crippen LogP contribution in [0, 0.1) is 0 Å². The van der Waals surface area contributed by atoms with Crippen LogP contribution in [0.3, 0.4) is 0 Å². The molecule has 386 valence electrons. The van der Waals surface area contributed by atoms with Crippen LogP contribution in [0.4, 0.5) is 0 Å². The van der Waals surface area contributed by atoms with E-state index >= 15 is 0 Å². The molecule has 0 saturated carbocycles. The zero-order chi connectivity index (χ0) is 53.9. The molecule has 4 aliphatic rings. The quantitative estimate of drug-likeness (QED) is 0.146. The van der Waals surface area contributed by atoms with Gasteiger partial charge in [-0.2, -0.15) is 0 Å². The van der Waals surface area contributed by atoms with E-state index in [1.165, 1.54) is 33.4 Å². The van der Waals surface area contributed by atoms with Crippen molar-refractivity contribution in [2.75, 3.05) is 0 Å². The Kier molecular flexibility index (Phi) is 15.9. The first kappa shape index (κ1) is 56.4. The van der Waals surface area contributed by atoms with Crippen molar-refractivity contribution in [2.45, 2.75) is 156 Å². The first-order valence-electron chi connectivity index (χ1n) is 25.7. The van der Waals surface area contributed by atoms with Gasteiger partial charge in [-0.1, -0.05) is 147 Å². The van der Waals surface area contributed by atoms with E-state index in [0.717, 1.165) is 31.0 Å². The lowest BCUT2D eigenvalue weighted by atomic mass is 9.49. The van der Waals surface area contributed by atoms with Crippen LogP contribution >= 0.6 is 31.9 Å². The van der Waals surface area contributed by atoms with Crippen LogP contribution in [-0.2, 0) is 37.2 Å². The fourth-order valence-electron chi connectivity index (χ4n) is 8.81. The molecule has 4 saturated heterocycles. The molecule has 4 fully saturated rings. The molecule has 8 nitrogen and oxygen atoms in total. The molecule has 0 N–H and O–H groups in total. The monoisotopic (exact) mass is 1120 g/mol. The normalized spacial score (nSPS) is 21.2. The number of rotatable bonds is 7. The van der Waals surface area contributed by atoms with Crippen molar-refractivity contribution in [1.29, 1.82) is 0 Å². The van der Waals surface area contributed by atoms with Gasteiger partial charge in [0.25, 0.3) is 0 Å². The maximum absolute atomic E-state index is 6.43. The van der Waals surface area contributed by atoms with Crippen molar-refractivity contribution in [3.8, 4) is 44.5 Å². The molecule has 0 unspecified atom stereocenters. The highest BCUT2D eigenvalue weighted by Crippen LogP contribution is 2.44. The van der Waals surface area contributed by atoms with Gasteiger partial charge in [-0.25, -0.2) is 0 Å². The van der Waals surface area contributed by atoms with Crippen molar-refractivity contribution >= 4 is 71.0 Å². The third-order valence-corrected chi connectivity index (χ3v) is 17.2. The molecule has 4 aliphatic heterocycles. The van der Waals surface area contributed by atoms with Gasteiger partial charge < -0.3 is 37.2 Å². The molecule has 10 rings (SSSR count). The fraction of sp³-hybridized carbons (Fsp3) is 0.400. The highest BCUT2D eigenvalue weighted by atomic mass is 79.9. The van der Waals surface area contributed by atoms with E-state index < -0.39 is 50.7 Å². The van der Waals surface area contributed by atoms with E-state index in [9.17, 15) is 0 Å². The average molecular weight is 1120 g/mol. The highest BCUT2D eigenvalue weighted by Gasteiger charge is 2.64. The summed E-state index contributed by atoms with van der Waals surface area (Å²) in [5, 5.41) is 0. The fourth-order valence-corrected chi connectivity index (χ4v) is 10.1. The lowest BCUT2D eigenvalue weighted by Crippen LogP contribution is -2.41. The molecule has 0 spiro atoms. The topological polar surface area (TPSA) is 73.8 Å². The summed E-state index contributed by atoms with van der Waals surface area (Å²) in [6.45, 7) is 32.8. The smallest absolute Gasteiger partial charge is 0.405 e. The summed E-state index contributed by atoms with van der Waals surface area (Å²) in [6.07, 6.45) is 0. The number of benzene rings is 6. The predicted octanol–water partition coefficient (Wildman–Crippen LogP) is 14.4. The zero-order valence-electron chi connectivity index (χ0n) is 46.2. The summed E-state index contributed by atoms with van der Waals surface area (Å²) in [4.78, 5) is 0. The predicted molar refractivity (Wildman–Crippen MR) is 314 cm³/mol. The molecule has 74 heavy (non-hydrogen) atoms. The van der Waals surface area contributed by atoms with Crippen LogP contribution in [-0.4, -0.2) is 73.1 Å². The molecular formula is C60H72B4Br2O8. The van der Waals surface area contributed by atoms with Crippen LogP contribution in [0.25, 0.3) is 44.5 Å². The van der Waals surface area contributed by atoms with Gasteiger partial charge in [-0.05, 0) is 197 Å². The molecule has 0 aromatic heterocycles. The molecule has 0 aliphatic carbocycles. The Morgan fingerprint density at radius 2 is 0.514 bits per heavy atom. The molecule has 4 heterocycles. The van der Waals surface area contributed by atoms with Gasteiger partial charge >= 0.3 is 28.3 Å². The summed E-state index contributed by atoms with van der Waals surface area (Å²) in [6, 6.07) is 50.9. The van der Waals surface area contributed by atoms with Crippen molar-refractivity contribution < 1.29 is 37.2 Å². The molecule has 6 aromatic rings. The molecule has 0 atom stereocenters. The van der Waals surface area contributed by atoms with Crippen molar-refractivity contribution in [2.24, 2.45) is 0 Å². The Labute approximate surface area is 460 Å². The average Bonchev–Trinajstić information content (AvgIpc) is 3.89. The van der Waals surface area contributed by atoms with Crippen molar-refractivity contribution in [3.05, 3.63) is 155 Å². The molecule has 0 amide bonds. The van der Waals surface area contributed by atoms with Crippen LogP contribution < -0.4 is 10.9 Å². The summed E-state index contributed by atoms with van der Waals surface area (Å²) in [5.41, 5.74) is 8.22. The Morgan fingerprint density at radius 3 is 0.824 bits per heavy atom. The lowest BCUT2D eigenvalue weighted by molar-refractivity contribution is 0.00578. The highest BCUT2D eigenvalue weighted by molar-refractivity contribution is 9.11. The number of hydrogen-bond donors (Lipinski definition) is 0. The maximum Gasteiger partial charge on any atom is 0.494 e. The van der Waals surface area contributed by atoms with E-state index in [2.05, 4.69) is 215 Å². The Balaban J connectivity index is 0.000000162. The van der Waals surface area contributed by atoms with Gasteiger partial charge in [0.2, 0.25) is 0 Å². The minimum absolute atomic E-state index is 0.360. The van der Waals surface area contributed by atoms with Gasteiger partial charge in [-0.3, -0.25) is 0 Å². The number of hydrogen-bond acceptors (Lipinski definition) is 8. The first-order valence-corrected chi connectivity index (χ1v) is 27.3. The van der Waals surface area contributed by atoms with Crippen LogP contribution in [0.15, 0.2) is 155 Å². The maximum atomic E-state index is 6.43. The van der Waals surface area contributed by atoms with Crippen molar-refractivity contribution in [3.63, 3.8) is 0 Å². The van der Waals surface area contributed by atoms with Crippen LogP contribution in [0.5, 0.6) is 0 Å². The second kappa shape index (κ2) is 20.9. The van der Waals surface area contributed by atoms with E-state index in [0.29, 0.717) is 0 Å². The minimum atomic E-state index is -0.478. The molecule has 0 bridgehead atoms. The van der Waals surface area contributed by atoms with E-state index in [1.54, 1.807) is 0 Å². The summed E-state index contributed by atoms with van der Waals surface area (Å²) in [5.74, 6) is 0. The first-order chi connectivity index (χ1) is 34.4. The second-order valence-corrected chi connectivity index (χ2v) is 25.7. The SMILES string of the molecule is Brc1cc(Br)cc(-c2cccc(-c3ccccc3)c2)c1.CC1(C)OB(B2OC(C)(C)C(C)(C)O2)OC1(C)C.CC1(C)OB(c2cc(B3OC(C)(C)C(C)(C)O3)cc(-c3cccc(-c4ccccc4)c3)c2)OC1(C)C. The molecule has 6 aromatic carbocycles. The largest absolute Gasteiger partial charge is 0.494 e. The lowest BCUT2D eigenvalue weighted by Gasteiger charge is -2.32. The third-order valence-electron chi connectivity index (χ3n) is 16.3. The van der Waals surface area contributed by atoms with Gasteiger partial charge in [0.15, 0.2) is 0 Å². The van der Waals surface area contributed by atoms with E-state index in [-0.39, 0.29) is 22.4 Å². The molecular weight excluding hydrogens is 1050 g/mol. The minimum Gasteiger partial charge on any atom is -0.405 e. The molecule has 0 radical (unpaired) electrons. The zero-order valence-corrected chi connectivity index (χ0v) is 49.4. The summed E-state index contributed by atoms with van der Waals surface area (Å²) >= 11 is 7.09. The van der Waals surface area contributed by atoms with E-state index in [4.69, 9.17) is 37.2 Å². The van der Waals surface area contributed by atoms with Crippen LogP contribution in [0.1, 0.15) is 111 Å². The molecule has 14 heteroatoms. The van der Waals surface area contributed by atoms with Gasteiger partial charge in [0, 0.05) is 8.95 Å². The van der Waals surface area contributed by atoms with E-state index in [1.807, 2.05) is 73.6 Å². The van der Waals surface area contributed by atoms with Crippen molar-refractivity contribution in [1.82, 2.24) is 0 Å². The van der Waals surface area contributed by atoms with Gasteiger partial charge in [0.05, 0.1) is 44.8 Å². The third kappa shape index (κ3) is 12.0. The standard InChI is InChI=1S/C30H36B2O4.C18H12Br2.C12H24B2O4/c1-27(2)28(3,4)34-31(33-27)25-18-24(19-26(20-25)32-35-29(5,6)30(7,8)36-32)23-16-12-15-22(17-23)21-13-10-9-11-14-21;19-17-10-16(11-18(20)12-17)15-8-4-7-14(9-15)13-5-2-1-3-6-13;1-9(2)10(3,4)16-13(15-9)14-17-11(5,6)12(7,8)18-14/h9-20H,1-8H3;1-12H;1-8H3. The Hall–Kier alpha value is -3.78.